The Kier molecular flexibility index (Phi) is 4.09. The van der Waals surface area contributed by atoms with E-state index in [1.54, 1.807) is 19.1 Å². The highest BCUT2D eigenvalue weighted by Gasteiger charge is 2.48. The van der Waals surface area contributed by atoms with Crippen molar-refractivity contribution < 1.29 is 14.7 Å². The summed E-state index contributed by atoms with van der Waals surface area (Å²) in [7, 11) is 0. The molecule has 19 heavy (non-hydrogen) atoms. The topological polar surface area (TPSA) is 54.4 Å². The van der Waals surface area contributed by atoms with Crippen molar-refractivity contribution in [2.45, 2.75) is 32.6 Å². The van der Waals surface area contributed by atoms with Crippen LogP contribution in [0, 0.1) is 11.3 Å². The van der Waals surface area contributed by atoms with Gasteiger partial charge in [0.05, 0.1) is 5.41 Å². The quantitative estimate of drug-likeness (QED) is 0.854. The van der Waals surface area contributed by atoms with Crippen LogP contribution in [-0.4, -0.2) is 16.9 Å². The molecule has 1 aromatic carbocycles. The lowest BCUT2D eigenvalue weighted by atomic mass is 9.71. The SMILES string of the molecule is CC(C(=O)c1ccc(Br)cc1)C1(C(=O)O)CCCC1. The van der Waals surface area contributed by atoms with Gasteiger partial charge in [-0.3, -0.25) is 9.59 Å². The van der Waals surface area contributed by atoms with Crippen LogP contribution in [0.2, 0.25) is 0 Å². The molecular formula is C15H17BrO3. The van der Waals surface area contributed by atoms with E-state index >= 15 is 0 Å². The Morgan fingerprint density at radius 1 is 1.21 bits per heavy atom. The van der Waals surface area contributed by atoms with Gasteiger partial charge >= 0.3 is 5.97 Å². The lowest BCUT2D eigenvalue weighted by Gasteiger charge is -2.30. The standard InChI is InChI=1S/C15H17BrO3/c1-10(15(14(18)19)8-2-3-9-15)13(17)11-4-6-12(16)7-5-11/h4-7,10H,2-3,8-9H2,1H3,(H,18,19). The predicted molar refractivity (Wildman–Crippen MR) is 76.2 cm³/mol. The fourth-order valence-electron chi connectivity index (χ4n) is 2.95. The summed E-state index contributed by atoms with van der Waals surface area (Å²) in [5.74, 6) is -1.38. The summed E-state index contributed by atoms with van der Waals surface area (Å²) in [6.07, 6.45) is 2.99. The Morgan fingerprint density at radius 2 is 1.74 bits per heavy atom. The van der Waals surface area contributed by atoms with Crippen LogP contribution in [0.1, 0.15) is 43.0 Å². The molecule has 0 aromatic heterocycles. The third-order valence-electron chi connectivity index (χ3n) is 4.27. The number of halogens is 1. The Hall–Kier alpha value is -1.16. The van der Waals surface area contributed by atoms with Crippen molar-refractivity contribution in [3.8, 4) is 0 Å². The van der Waals surface area contributed by atoms with E-state index in [-0.39, 0.29) is 5.78 Å². The Labute approximate surface area is 121 Å². The minimum absolute atomic E-state index is 0.0724. The maximum absolute atomic E-state index is 12.5. The lowest BCUT2D eigenvalue weighted by molar-refractivity contribution is -0.150. The zero-order chi connectivity index (χ0) is 14.0. The average Bonchev–Trinajstić information content (AvgIpc) is 2.88. The smallest absolute Gasteiger partial charge is 0.310 e. The van der Waals surface area contributed by atoms with Crippen molar-refractivity contribution in [1.82, 2.24) is 0 Å². The molecule has 0 aliphatic heterocycles. The number of hydrogen-bond acceptors (Lipinski definition) is 2. The summed E-state index contributed by atoms with van der Waals surface area (Å²) in [5.41, 5.74) is -0.285. The molecule has 0 heterocycles. The van der Waals surface area contributed by atoms with E-state index in [0.717, 1.165) is 17.3 Å². The van der Waals surface area contributed by atoms with Gasteiger partial charge in [0.15, 0.2) is 5.78 Å². The van der Waals surface area contributed by atoms with E-state index in [1.165, 1.54) is 0 Å². The summed E-state index contributed by atoms with van der Waals surface area (Å²) < 4.78 is 0.908. The van der Waals surface area contributed by atoms with Crippen LogP contribution in [0.5, 0.6) is 0 Å². The largest absolute Gasteiger partial charge is 0.481 e. The second kappa shape index (κ2) is 5.45. The third kappa shape index (κ3) is 2.59. The van der Waals surface area contributed by atoms with Crippen LogP contribution in [0.4, 0.5) is 0 Å². The Balaban J connectivity index is 2.27. The second-order valence-electron chi connectivity index (χ2n) is 5.26. The third-order valence-corrected chi connectivity index (χ3v) is 4.80. The van der Waals surface area contributed by atoms with Crippen LogP contribution in [-0.2, 0) is 4.79 Å². The van der Waals surface area contributed by atoms with Gasteiger partial charge in [-0.2, -0.15) is 0 Å². The molecule has 0 radical (unpaired) electrons. The zero-order valence-corrected chi connectivity index (χ0v) is 12.4. The first-order valence-electron chi connectivity index (χ1n) is 6.50. The number of hydrogen-bond donors (Lipinski definition) is 1. The van der Waals surface area contributed by atoms with Gasteiger partial charge in [-0.25, -0.2) is 0 Å². The molecule has 3 nitrogen and oxygen atoms in total. The Bertz CT molecular complexity index is 487. The molecule has 1 atom stereocenters. The van der Waals surface area contributed by atoms with Gasteiger partial charge in [0.2, 0.25) is 0 Å². The molecule has 0 bridgehead atoms. The zero-order valence-electron chi connectivity index (χ0n) is 10.9. The minimum atomic E-state index is -0.871. The fourth-order valence-corrected chi connectivity index (χ4v) is 3.22. The summed E-state index contributed by atoms with van der Waals surface area (Å²) in [4.78, 5) is 24.1. The van der Waals surface area contributed by atoms with E-state index in [9.17, 15) is 14.7 Å². The van der Waals surface area contributed by atoms with Gasteiger partial charge in [-0.1, -0.05) is 47.8 Å². The number of carboxylic acids is 1. The Morgan fingerprint density at radius 3 is 2.21 bits per heavy atom. The molecule has 0 saturated heterocycles. The van der Waals surface area contributed by atoms with Crippen LogP contribution in [0.25, 0.3) is 0 Å². The van der Waals surface area contributed by atoms with Gasteiger partial charge in [-0.15, -0.1) is 0 Å². The van der Waals surface area contributed by atoms with Crippen molar-refractivity contribution in [1.29, 1.82) is 0 Å². The number of carboxylic acid groups (broad SMARTS) is 1. The molecular weight excluding hydrogens is 308 g/mol. The van der Waals surface area contributed by atoms with Crippen LogP contribution >= 0.6 is 15.9 Å². The number of aliphatic carboxylic acids is 1. The van der Waals surface area contributed by atoms with Crippen LogP contribution < -0.4 is 0 Å². The molecule has 1 saturated carbocycles. The first-order valence-corrected chi connectivity index (χ1v) is 7.30. The number of carbonyl (C=O) groups excluding carboxylic acids is 1. The fraction of sp³-hybridized carbons (Fsp3) is 0.467. The molecule has 1 fully saturated rings. The molecule has 1 aromatic rings. The van der Waals surface area contributed by atoms with Gasteiger partial charge in [0.1, 0.15) is 0 Å². The van der Waals surface area contributed by atoms with Crippen molar-refractivity contribution in [2.24, 2.45) is 11.3 Å². The number of rotatable bonds is 4. The molecule has 4 heteroatoms. The summed E-state index contributed by atoms with van der Waals surface area (Å²) in [5, 5.41) is 9.51. The van der Waals surface area contributed by atoms with Crippen molar-refractivity contribution in [3.63, 3.8) is 0 Å². The number of benzene rings is 1. The summed E-state index contributed by atoms with van der Waals surface area (Å²) >= 11 is 3.33. The first kappa shape index (κ1) is 14.3. The number of carbonyl (C=O) groups is 2. The van der Waals surface area contributed by atoms with Crippen molar-refractivity contribution >= 4 is 27.7 Å². The maximum atomic E-state index is 12.5. The van der Waals surface area contributed by atoms with Crippen molar-refractivity contribution in [3.05, 3.63) is 34.3 Å². The van der Waals surface area contributed by atoms with Crippen LogP contribution in [0.3, 0.4) is 0 Å². The predicted octanol–water partition coefficient (Wildman–Crippen LogP) is 3.91. The minimum Gasteiger partial charge on any atom is -0.481 e. The van der Waals surface area contributed by atoms with E-state index < -0.39 is 17.3 Å². The molecule has 1 unspecified atom stereocenters. The molecule has 0 amide bonds. The highest BCUT2D eigenvalue weighted by molar-refractivity contribution is 9.10. The second-order valence-corrected chi connectivity index (χ2v) is 6.18. The first-order chi connectivity index (χ1) is 8.97. The summed E-state index contributed by atoms with van der Waals surface area (Å²) in [6.45, 7) is 1.75. The molecule has 1 aliphatic rings. The average molecular weight is 325 g/mol. The molecule has 1 aliphatic carbocycles. The number of ketones is 1. The molecule has 102 valence electrons. The van der Waals surface area contributed by atoms with E-state index in [1.807, 2.05) is 12.1 Å². The molecule has 1 N–H and O–H groups in total. The van der Waals surface area contributed by atoms with Gasteiger partial charge in [0, 0.05) is 16.0 Å². The highest BCUT2D eigenvalue weighted by atomic mass is 79.9. The maximum Gasteiger partial charge on any atom is 0.310 e. The van der Waals surface area contributed by atoms with Crippen LogP contribution in [0.15, 0.2) is 28.7 Å². The lowest BCUT2D eigenvalue weighted by Crippen LogP contribution is -2.39. The molecule has 2 rings (SSSR count). The van der Waals surface area contributed by atoms with E-state index in [2.05, 4.69) is 15.9 Å². The van der Waals surface area contributed by atoms with Crippen molar-refractivity contribution in [2.75, 3.05) is 0 Å². The monoisotopic (exact) mass is 324 g/mol. The van der Waals surface area contributed by atoms with E-state index in [4.69, 9.17) is 0 Å². The number of Topliss-reactive ketones (excluding diaryl/α,β-unsaturated/α-hetero) is 1. The van der Waals surface area contributed by atoms with E-state index in [0.29, 0.717) is 18.4 Å². The molecule has 0 spiro atoms. The van der Waals surface area contributed by atoms with Gasteiger partial charge in [-0.05, 0) is 25.0 Å². The van der Waals surface area contributed by atoms with Gasteiger partial charge < -0.3 is 5.11 Å². The summed E-state index contributed by atoms with van der Waals surface area (Å²) in [6, 6.07) is 7.10. The van der Waals surface area contributed by atoms with Gasteiger partial charge in [0.25, 0.3) is 0 Å². The highest BCUT2D eigenvalue weighted by Crippen LogP contribution is 2.45. The normalized spacial score (nSPS) is 19.1.